The summed E-state index contributed by atoms with van der Waals surface area (Å²) in [5, 5.41) is 19.3. The van der Waals surface area contributed by atoms with Gasteiger partial charge in [-0.15, -0.1) is 0 Å². The Labute approximate surface area is 108 Å². The Bertz CT molecular complexity index is 491. The number of primary amides is 1. The second kappa shape index (κ2) is 6.26. The van der Waals surface area contributed by atoms with E-state index in [0.29, 0.717) is 0 Å². The van der Waals surface area contributed by atoms with Gasteiger partial charge in [0.2, 0.25) is 5.91 Å². The van der Waals surface area contributed by atoms with Crippen LogP contribution in [0.5, 0.6) is 0 Å². The lowest BCUT2D eigenvalue weighted by atomic mass is 9.99. The van der Waals surface area contributed by atoms with Gasteiger partial charge in [0.15, 0.2) is 0 Å². The molecule has 0 spiro atoms. The highest BCUT2D eigenvalue weighted by atomic mass is 19.1. The number of aliphatic hydroxyl groups is 2. The van der Waals surface area contributed by atoms with Crippen LogP contribution in [0.4, 0.5) is 4.39 Å². The second-order valence-corrected chi connectivity index (χ2v) is 3.91. The predicted molar refractivity (Wildman–Crippen MR) is 62.5 cm³/mol. The van der Waals surface area contributed by atoms with E-state index in [2.05, 4.69) is 4.74 Å². The molecule has 0 fully saturated rings. The summed E-state index contributed by atoms with van der Waals surface area (Å²) in [6, 6.07) is 3.19. The summed E-state index contributed by atoms with van der Waals surface area (Å²) in [4.78, 5) is 21.9. The number of carbonyl (C=O) groups is 2. The summed E-state index contributed by atoms with van der Waals surface area (Å²) >= 11 is 0. The van der Waals surface area contributed by atoms with Crippen molar-refractivity contribution in [3.63, 3.8) is 0 Å². The molecule has 0 radical (unpaired) electrons. The van der Waals surface area contributed by atoms with Crippen LogP contribution in [0.15, 0.2) is 18.2 Å². The number of ether oxygens (including phenoxy) is 1. The molecule has 6 nitrogen and oxygen atoms in total. The molecule has 0 aliphatic carbocycles. The topological polar surface area (TPSA) is 110 Å². The van der Waals surface area contributed by atoms with Gasteiger partial charge in [-0.25, -0.2) is 9.18 Å². The quantitative estimate of drug-likeness (QED) is 0.647. The van der Waals surface area contributed by atoms with Crippen LogP contribution in [-0.2, 0) is 9.53 Å². The van der Waals surface area contributed by atoms with E-state index in [1.807, 2.05) is 0 Å². The van der Waals surface area contributed by atoms with Crippen molar-refractivity contribution in [2.24, 2.45) is 5.73 Å². The highest BCUT2D eigenvalue weighted by Crippen LogP contribution is 2.23. The van der Waals surface area contributed by atoms with Crippen LogP contribution in [0.25, 0.3) is 0 Å². The summed E-state index contributed by atoms with van der Waals surface area (Å²) in [6.07, 6.45) is -3.75. The standard InChI is InChI=1S/C12H14FNO5/c1-19-12(18)6-2-3-8(13)7(4-6)11(17)9(15)5-10(14)16/h2-4,9,11,15,17H,5H2,1H3,(H2,14,16). The average Bonchev–Trinajstić information content (AvgIpc) is 2.36. The van der Waals surface area contributed by atoms with E-state index in [-0.39, 0.29) is 11.1 Å². The third kappa shape index (κ3) is 3.73. The van der Waals surface area contributed by atoms with Crippen molar-refractivity contribution in [2.75, 3.05) is 7.11 Å². The number of methoxy groups -OCH3 is 1. The monoisotopic (exact) mass is 271 g/mol. The van der Waals surface area contributed by atoms with Crippen molar-refractivity contribution in [3.05, 3.63) is 35.1 Å². The average molecular weight is 271 g/mol. The number of rotatable bonds is 5. The molecule has 1 rings (SSSR count). The molecular weight excluding hydrogens is 257 g/mol. The maximum atomic E-state index is 13.5. The Morgan fingerprint density at radius 1 is 1.42 bits per heavy atom. The van der Waals surface area contributed by atoms with E-state index in [1.54, 1.807) is 0 Å². The Kier molecular flexibility index (Phi) is 4.96. The van der Waals surface area contributed by atoms with Gasteiger partial charge in [-0.1, -0.05) is 0 Å². The zero-order chi connectivity index (χ0) is 14.6. The van der Waals surface area contributed by atoms with Gasteiger partial charge in [-0.2, -0.15) is 0 Å². The number of carbonyl (C=O) groups excluding carboxylic acids is 2. The first kappa shape index (κ1) is 15.1. The molecule has 0 heterocycles. The first-order valence-electron chi connectivity index (χ1n) is 5.39. The molecule has 0 aromatic heterocycles. The first-order valence-corrected chi connectivity index (χ1v) is 5.39. The molecule has 0 bridgehead atoms. The van der Waals surface area contributed by atoms with Crippen molar-refractivity contribution in [3.8, 4) is 0 Å². The smallest absolute Gasteiger partial charge is 0.337 e. The molecule has 1 aromatic carbocycles. The summed E-state index contributed by atoms with van der Waals surface area (Å²) < 4.78 is 18.0. The number of hydrogen-bond donors (Lipinski definition) is 3. The number of hydrogen-bond acceptors (Lipinski definition) is 5. The third-order valence-corrected chi connectivity index (χ3v) is 2.51. The number of esters is 1. The zero-order valence-corrected chi connectivity index (χ0v) is 10.2. The number of benzene rings is 1. The van der Waals surface area contributed by atoms with Gasteiger partial charge >= 0.3 is 5.97 Å². The van der Waals surface area contributed by atoms with Gasteiger partial charge in [0.05, 0.1) is 25.2 Å². The molecule has 2 atom stereocenters. The van der Waals surface area contributed by atoms with Crippen LogP contribution in [0.2, 0.25) is 0 Å². The summed E-state index contributed by atoms with van der Waals surface area (Å²) in [5.41, 5.74) is 4.58. The summed E-state index contributed by atoms with van der Waals surface area (Å²) in [5.74, 6) is -2.36. The van der Waals surface area contributed by atoms with Crippen molar-refractivity contribution >= 4 is 11.9 Å². The Balaban J connectivity index is 3.04. The highest BCUT2D eigenvalue weighted by Gasteiger charge is 2.24. The van der Waals surface area contributed by atoms with Gasteiger partial charge in [0.1, 0.15) is 11.9 Å². The normalized spacial score (nSPS) is 13.7. The third-order valence-electron chi connectivity index (χ3n) is 2.51. The largest absolute Gasteiger partial charge is 0.465 e. The minimum Gasteiger partial charge on any atom is -0.465 e. The molecule has 0 aliphatic heterocycles. The van der Waals surface area contributed by atoms with Crippen molar-refractivity contribution in [1.82, 2.24) is 0 Å². The lowest BCUT2D eigenvalue weighted by Gasteiger charge is -2.18. The molecule has 1 aromatic rings. The van der Waals surface area contributed by atoms with Gasteiger partial charge in [0, 0.05) is 5.56 Å². The Morgan fingerprint density at radius 3 is 2.58 bits per heavy atom. The Morgan fingerprint density at radius 2 is 2.05 bits per heavy atom. The maximum absolute atomic E-state index is 13.5. The minimum absolute atomic E-state index is 0.0178. The SMILES string of the molecule is COC(=O)c1ccc(F)c(C(O)C(O)CC(N)=O)c1. The molecule has 19 heavy (non-hydrogen) atoms. The van der Waals surface area contributed by atoms with E-state index in [0.717, 1.165) is 19.2 Å². The van der Waals surface area contributed by atoms with Gasteiger partial charge in [-0.3, -0.25) is 4.79 Å². The van der Waals surface area contributed by atoms with Crippen molar-refractivity contribution < 1.29 is 28.9 Å². The summed E-state index contributed by atoms with van der Waals surface area (Å²) in [7, 11) is 1.16. The Hall–Kier alpha value is -1.99. The van der Waals surface area contributed by atoms with E-state index in [4.69, 9.17) is 5.73 Å². The van der Waals surface area contributed by atoms with E-state index in [1.165, 1.54) is 6.07 Å². The van der Waals surface area contributed by atoms with Crippen LogP contribution in [-0.4, -0.2) is 35.3 Å². The molecule has 0 saturated heterocycles. The predicted octanol–water partition coefficient (Wildman–Crippen LogP) is -0.118. The number of amides is 1. The first-order chi connectivity index (χ1) is 8.86. The summed E-state index contributed by atoms with van der Waals surface area (Å²) in [6.45, 7) is 0. The van der Waals surface area contributed by atoms with Crippen molar-refractivity contribution in [2.45, 2.75) is 18.6 Å². The fraction of sp³-hybridized carbons (Fsp3) is 0.333. The van der Waals surface area contributed by atoms with Crippen LogP contribution in [0.3, 0.4) is 0 Å². The molecule has 0 aliphatic rings. The molecule has 1 amide bonds. The maximum Gasteiger partial charge on any atom is 0.337 e. The molecule has 7 heteroatoms. The second-order valence-electron chi connectivity index (χ2n) is 3.91. The van der Waals surface area contributed by atoms with Crippen LogP contribution >= 0.6 is 0 Å². The van der Waals surface area contributed by atoms with Gasteiger partial charge < -0.3 is 20.7 Å². The fourth-order valence-corrected chi connectivity index (χ4v) is 1.54. The van der Waals surface area contributed by atoms with Gasteiger partial charge in [-0.05, 0) is 18.2 Å². The number of aliphatic hydroxyl groups excluding tert-OH is 2. The molecule has 104 valence electrons. The zero-order valence-electron chi connectivity index (χ0n) is 10.2. The highest BCUT2D eigenvalue weighted by molar-refractivity contribution is 5.89. The van der Waals surface area contributed by atoms with Crippen LogP contribution in [0, 0.1) is 5.82 Å². The minimum atomic E-state index is -1.67. The lowest BCUT2D eigenvalue weighted by molar-refractivity contribution is -0.121. The molecule has 0 saturated carbocycles. The molecule has 2 unspecified atom stereocenters. The number of halogens is 1. The lowest BCUT2D eigenvalue weighted by Crippen LogP contribution is -2.26. The van der Waals surface area contributed by atoms with Crippen LogP contribution < -0.4 is 5.73 Å². The van der Waals surface area contributed by atoms with Crippen LogP contribution in [0.1, 0.15) is 28.4 Å². The molecule has 4 N–H and O–H groups in total. The fourth-order valence-electron chi connectivity index (χ4n) is 1.54. The molecular formula is C12H14FNO5. The van der Waals surface area contributed by atoms with E-state index in [9.17, 15) is 24.2 Å². The van der Waals surface area contributed by atoms with Crippen molar-refractivity contribution in [1.29, 1.82) is 0 Å². The van der Waals surface area contributed by atoms with E-state index < -0.39 is 36.3 Å². The number of nitrogens with two attached hydrogens (primary N) is 1. The van der Waals surface area contributed by atoms with Gasteiger partial charge in [0.25, 0.3) is 0 Å². The van der Waals surface area contributed by atoms with E-state index >= 15 is 0 Å².